The second-order valence-corrected chi connectivity index (χ2v) is 3.87. The van der Waals surface area contributed by atoms with Gasteiger partial charge in [-0.05, 0) is 12.5 Å². The Hall–Kier alpha value is -1.43. The van der Waals surface area contributed by atoms with Crippen molar-refractivity contribution in [3.05, 3.63) is 22.9 Å². The number of aromatic nitrogens is 1. The minimum absolute atomic E-state index is 0.0397. The smallest absolute Gasteiger partial charge is 0.310 e. The third-order valence-electron chi connectivity index (χ3n) is 2.45. The van der Waals surface area contributed by atoms with Gasteiger partial charge in [-0.3, -0.25) is 4.79 Å². The molecule has 106 valence electrons. The average molecular weight is 294 g/mol. The summed E-state index contributed by atoms with van der Waals surface area (Å²) in [5, 5.41) is 0. The zero-order valence-corrected chi connectivity index (χ0v) is 11.3. The Kier molecular flexibility index (Phi) is 5.95. The molecule has 1 heterocycles. The average Bonchev–Trinajstić information content (AvgIpc) is 2.37. The van der Waals surface area contributed by atoms with Gasteiger partial charge in [0.2, 0.25) is 5.88 Å². The van der Waals surface area contributed by atoms with Crippen LogP contribution in [0.15, 0.2) is 6.20 Å². The van der Waals surface area contributed by atoms with Crippen LogP contribution in [0.1, 0.15) is 30.0 Å². The van der Waals surface area contributed by atoms with E-state index in [1.165, 1.54) is 13.3 Å². The molecule has 19 heavy (non-hydrogen) atoms. The molecule has 0 amide bonds. The second-order valence-electron chi connectivity index (χ2n) is 3.60. The van der Waals surface area contributed by atoms with E-state index in [4.69, 9.17) is 21.1 Å². The van der Waals surface area contributed by atoms with Gasteiger partial charge in [0, 0.05) is 17.3 Å². The molecule has 0 spiro atoms. The first kappa shape index (κ1) is 15.6. The molecule has 0 aromatic carbocycles. The molecule has 0 atom stereocenters. The lowest BCUT2D eigenvalue weighted by Gasteiger charge is -2.14. The van der Waals surface area contributed by atoms with Crippen molar-refractivity contribution < 1.29 is 23.0 Å². The molecule has 1 aromatic rings. The van der Waals surface area contributed by atoms with E-state index < -0.39 is 12.4 Å². The van der Waals surface area contributed by atoms with Crippen molar-refractivity contribution in [2.45, 2.75) is 25.7 Å². The van der Waals surface area contributed by atoms with Crippen molar-refractivity contribution in [1.29, 1.82) is 0 Å². The van der Waals surface area contributed by atoms with Gasteiger partial charge in [-0.15, -0.1) is 11.6 Å². The van der Waals surface area contributed by atoms with Crippen molar-refractivity contribution >= 4 is 17.6 Å². The van der Waals surface area contributed by atoms with E-state index in [1.807, 2.05) is 0 Å². The number of esters is 1. The first-order valence-corrected chi connectivity index (χ1v) is 6.12. The van der Waals surface area contributed by atoms with Crippen molar-refractivity contribution in [1.82, 2.24) is 4.98 Å². The molecule has 4 nitrogen and oxygen atoms in total. The predicted molar refractivity (Wildman–Crippen MR) is 65.6 cm³/mol. The maximum atomic E-state index is 13.1. The molecule has 0 bridgehead atoms. The summed E-state index contributed by atoms with van der Waals surface area (Å²) in [6.45, 7) is 1.83. The van der Waals surface area contributed by atoms with Crippen LogP contribution in [0.2, 0.25) is 0 Å². The number of carbonyl (C=O) groups is 1. The molecule has 0 unspecified atom stereocenters. The molecule has 0 saturated carbocycles. The number of hydrogen-bond donors (Lipinski definition) is 0. The maximum Gasteiger partial charge on any atom is 0.310 e. The Balaban J connectivity index is 3.20. The molecule has 0 N–H and O–H groups in total. The van der Waals surface area contributed by atoms with Crippen LogP contribution in [-0.2, 0) is 21.8 Å². The Morgan fingerprint density at radius 3 is 2.68 bits per heavy atom. The monoisotopic (exact) mass is 293 g/mol. The number of pyridine rings is 1. The Bertz CT molecular complexity index is 455. The Morgan fingerprint density at radius 2 is 2.21 bits per heavy atom. The Labute approximate surface area is 114 Å². The topological polar surface area (TPSA) is 48.4 Å². The minimum Gasteiger partial charge on any atom is -0.481 e. The van der Waals surface area contributed by atoms with Gasteiger partial charge in [-0.25, -0.2) is 13.8 Å². The third kappa shape index (κ3) is 3.76. The summed E-state index contributed by atoms with van der Waals surface area (Å²) in [5.41, 5.74) is -0.110. The molecule has 0 saturated heterocycles. The first-order valence-electron chi connectivity index (χ1n) is 5.59. The number of rotatable bonds is 6. The van der Waals surface area contributed by atoms with Crippen LogP contribution in [0.25, 0.3) is 0 Å². The molecule has 7 heteroatoms. The van der Waals surface area contributed by atoms with Crippen LogP contribution >= 0.6 is 11.6 Å². The van der Waals surface area contributed by atoms with Crippen LogP contribution < -0.4 is 4.74 Å². The van der Waals surface area contributed by atoms with Gasteiger partial charge in [0.25, 0.3) is 6.43 Å². The molecular formula is C12H14ClF2NO3. The molecule has 0 aliphatic rings. The van der Waals surface area contributed by atoms with Crippen molar-refractivity contribution in [3.63, 3.8) is 0 Å². The molecule has 1 aromatic heterocycles. The summed E-state index contributed by atoms with van der Waals surface area (Å²) in [6, 6.07) is 0. The molecule has 0 aliphatic heterocycles. The van der Waals surface area contributed by atoms with Crippen LogP contribution in [0.5, 0.6) is 5.88 Å². The second kappa shape index (κ2) is 7.23. The number of nitrogens with zero attached hydrogens (tertiary/aromatic N) is 1. The van der Waals surface area contributed by atoms with Gasteiger partial charge in [-0.1, -0.05) is 0 Å². The van der Waals surface area contributed by atoms with Crippen LogP contribution in [-0.4, -0.2) is 24.7 Å². The summed E-state index contributed by atoms with van der Waals surface area (Å²) in [7, 11) is 1.32. The van der Waals surface area contributed by atoms with Gasteiger partial charge in [-0.2, -0.15) is 0 Å². The van der Waals surface area contributed by atoms with Crippen LogP contribution in [0, 0.1) is 0 Å². The van der Waals surface area contributed by atoms with Gasteiger partial charge in [0.15, 0.2) is 0 Å². The fraction of sp³-hybridized carbons (Fsp3) is 0.500. The fourth-order valence-electron chi connectivity index (χ4n) is 1.68. The standard InChI is InChI=1S/C12H14ClF2NO3/c1-3-19-9(17)4-7-6-16-12(18-2)8(5-13)10(7)11(14)15/h6,11H,3-5H2,1-2H3. The normalized spacial score (nSPS) is 10.6. The van der Waals surface area contributed by atoms with Crippen molar-refractivity contribution in [2.75, 3.05) is 13.7 Å². The lowest BCUT2D eigenvalue weighted by Crippen LogP contribution is -2.12. The highest BCUT2D eigenvalue weighted by Crippen LogP contribution is 2.32. The number of alkyl halides is 3. The zero-order valence-electron chi connectivity index (χ0n) is 10.6. The summed E-state index contributed by atoms with van der Waals surface area (Å²) >= 11 is 5.66. The largest absolute Gasteiger partial charge is 0.481 e. The molecule has 1 rings (SSSR count). The highest BCUT2D eigenvalue weighted by Gasteiger charge is 2.23. The number of hydrogen-bond acceptors (Lipinski definition) is 4. The van der Waals surface area contributed by atoms with Gasteiger partial charge < -0.3 is 9.47 Å². The van der Waals surface area contributed by atoms with Crippen molar-refractivity contribution in [2.24, 2.45) is 0 Å². The van der Waals surface area contributed by atoms with E-state index in [1.54, 1.807) is 6.92 Å². The first-order chi connectivity index (χ1) is 9.04. The highest BCUT2D eigenvalue weighted by molar-refractivity contribution is 6.17. The Morgan fingerprint density at radius 1 is 1.53 bits per heavy atom. The lowest BCUT2D eigenvalue weighted by molar-refractivity contribution is -0.142. The lowest BCUT2D eigenvalue weighted by atomic mass is 10.0. The zero-order chi connectivity index (χ0) is 14.4. The van der Waals surface area contributed by atoms with E-state index in [9.17, 15) is 13.6 Å². The molecular weight excluding hydrogens is 280 g/mol. The minimum atomic E-state index is -2.77. The molecule has 0 aliphatic carbocycles. The number of ether oxygens (including phenoxy) is 2. The van der Waals surface area contributed by atoms with Crippen LogP contribution in [0.4, 0.5) is 8.78 Å². The van der Waals surface area contributed by atoms with E-state index in [2.05, 4.69) is 4.98 Å². The maximum absolute atomic E-state index is 13.1. The summed E-state index contributed by atoms with van der Waals surface area (Å²) in [5.74, 6) is -0.721. The summed E-state index contributed by atoms with van der Waals surface area (Å²) < 4.78 is 35.9. The number of carbonyl (C=O) groups excluding carboxylic acids is 1. The summed E-state index contributed by atoms with van der Waals surface area (Å²) in [6.07, 6.45) is -1.85. The number of halogens is 3. The number of methoxy groups -OCH3 is 1. The predicted octanol–water partition coefficient (Wildman–Crippen LogP) is 2.87. The molecule has 0 fully saturated rings. The van der Waals surface area contributed by atoms with Gasteiger partial charge in [0.1, 0.15) is 0 Å². The van der Waals surface area contributed by atoms with E-state index >= 15 is 0 Å². The van der Waals surface area contributed by atoms with E-state index in [0.717, 1.165) is 0 Å². The van der Waals surface area contributed by atoms with Crippen molar-refractivity contribution in [3.8, 4) is 5.88 Å². The van der Waals surface area contributed by atoms with Crippen LogP contribution in [0.3, 0.4) is 0 Å². The van der Waals surface area contributed by atoms with Gasteiger partial charge >= 0.3 is 5.97 Å². The van der Waals surface area contributed by atoms with E-state index in [0.29, 0.717) is 0 Å². The van der Waals surface area contributed by atoms with E-state index in [-0.39, 0.29) is 41.5 Å². The third-order valence-corrected chi connectivity index (χ3v) is 2.72. The van der Waals surface area contributed by atoms with Gasteiger partial charge in [0.05, 0.1) is 26.0 Å². The SMILES string of the molecule is CCOC(=O)Cc1cnc(OC)c(CCl)c1C(F)F. The quantitative estimate of drug-likeness (QED) is 0.598. The molecule has 0 radical (unpaired) electrons. The summed E-state index contributed by atoms with van der Waals surface area (Å²) in [4.78, 5) is 15.3. The fourth-order valence-corrected chi connectivity index (χ4v) is 1.94. The highest BCUT2D eigenvalue weighted by atomic mass is 35.5.